The van der Waals surface area contributed by atoms with Crippen LogP contribution in [0.15, 0.2) is 55.8 Å². The Morgan fingerprint density at radius 1 is 1.16 bits per heavy atom. The van der Waals surface area contributed by atoms with E-state index < -0.39 is 0 Å². The molecule has 0 N–H and O–H groups in total. The second-order valence-electron chi connectivity index (χ2n) is 4.85. The number of benzene rings is 1. The van der Waals surface area contributed by atoms with E-state index in [9.17, 15) is 4.79 Å². The minimum Gasteiger partial charge on any atom is -0.464 e. The van der Waals surface area contributed by atoms with Crippen molar-refractivity contribution in [2.24, 2.45) is 0 Å². The molecule has 0 aliphatic heterocycles. The van der Waals surface area contributed by atoms with Crippen molar-refractivity contribution in [2.45, 2.75) is 20.3 Å². The predicted octanol–water partition coefficient (Wildman–Crippen LogP) is 4.05. The van der Waals surface area contributed by atoms with Crippen LogP contribution in [-0.2, 0) is 6.42 Å². The fraction of sp³-hybridized carbons (Fsp3) is 0.188. The largest absolute Gasteiger partial charge is 0.464 e. The molecule has 19 heavy (non-hydrogen) atoms. The van der Waals surface area contributed by atoms with Crippen molar-refractivity contribution >= 4 is 21.9 Å². The number of hydrogen-bond donors (Lipinski definition) is 0. The quantitative estimate of drug-likeness (QED) is 0.512. The topological polar surface area (TPSA) is 43.4 Å². The molecule has 0 atom stereocenters. The summed E-state index contributed by atoms with van der Waals surface area (Å²) in [6.07, 6.45) is 4.45. The highest BCUT2D eigenvalue weighted by Gasteiger charge is 2.11. The first kappa shape index (κ1) is 11.8. The number of allylic oxidation sites excluding steroid dienone is 2. The zero-order valence-electron chi connectivity index (χ0n) is 10.9. The summed E-state index contributed by atoms with van der Waals surface area (Å²) in [5, 5.41) is 1.95. The fourth-order valence-electron chi connectivity index (χ4n) is 2.22. The van der Waals surface area contributed by atoms with E-state index in [2.05, 4.69) is 6.08 Å². The first-order chi connectivity index (χ1) is 9.15. The van der Waals surface area contributed by atoms with Gasteiger partial charge in [-0.1, -0.05) is 11.6 Å². The molecule has 3 aromatic rings. The lowest BCUT2D eigenvalue weighted by Gasteiger charge is -2.04. The van der Waals surface area contributed by atoms with Gasteiger partial charge in [-0.05, 0) is 38.5 Å². The van der Waals surface area contributed by atoms with Crippen LogP contribution in [0.25, 0.3) is 21.9 Å². The van der Waals surface area contributed by atoms with Crippen LogP contribution < -0.4 is 5.63 Å². The predicted molar refractivity (Wildman–Crippen MR) is 75.4 cm³/mol. The third-order valence-corrected chi connectivity index (χ3v) is 3.13. The van der Waals surface area contributed by atoms with Crippen LogP contribution in [0.1, 0.15) is 19.4 Å². The molecule has 2 heterocycles. The molecule has 0 aliphatic carbocycles. The molecule has 0 saturated carbocycles. The Morgan fingerprint density at radius 2 is 1.95 bits per heavy atom. The van der Waals surface area contributed by atoms with Crippen LogP contribution in [0.4, 0.5) is 0 Å². The molecule has 0 spiro atoms. The second kappa shape index (κ2) is 4.43. The van der Waals surface area contributed by atoms with Gasteiger partial charge in [0, 0.05) is 22.4 Å². The summed E-state index contributed by atoms with van der Waals surface area (Å²) in [4.78, 5) is 11.4. The van der Waals surface area contributed by atoms with Crippen LogP contribution in [0.5, 0.6) is 0 Å². The van der Waals surface area contributed by atoms with Gasteiger partial charge in [0.25, 0.3) is 0 Å². The molecule has 0 unspecified atom stereocenters. The van der Waals surface area contributed by atoms with Gasteiger partial charge in [0.05, 0.1) is 6.26 Å². The number of fused-ring (bicyclic) bond motifs is 2. The Labute approximate surface area is 110 Å². The van der Waals surface area contributed by atoms with Gasteiger partial charge < -0.3 is 8.83 Å². The normalized spacial score (nSPS) is 11.1. The molecule has 1 aromatic carbocycles. The van der Waals surface area contributed by atoms with E-state index in [0.29, 0.717) is 12.0 Å². The summed E-state index contributed by atoms with van der Waals surface area (Å²) in [6, 6.07) is 7.13. The molecule has 0 aliphatic rings. The highest BCUT2D eigenvalue weighted by atomic mass is 16.4. The van der Waals surface area contributed by atoms with Crippen LogP contribution in [0.2, 0.25) is 0 Å². The SMILES string of the molecule is CC(C)=CCc1c2occc2cc2ccc(=O)oc12. The number of furan rings is 1. The lowest BCUT2D eigenvalue weighted by molar-refractivity contribution is 0.555. The summed E-state index contributed by atoms with van der Waals surface area (Å²) < 4.78 is 10.9. The molecule has 2 aromatic heterocycles. The third kappa shape index (κ3) is 2.08. The van der Waals surface area contributed by atoms with Gasteiger partial charge >= 0.3 is 5.63 Å². The molecule has 3 heteroatoms. The smallest absolute Gasteiger partial charge is 0.336 e. The van der Waals surface area contributed by atoms with E-state index in [-0.39, 0.29) is 5.63 Å². The minimum atomic E-state index is -0.336. The molecular formula is C16H14O3. The fourth-order valence-corrected chi connectivity index (χ4v) is 2.22. The average Bonchev–Trinajstić information content (AvgIpc) is 2.82. The summed E-state index contributed by atoms with van der Waals surface area (Å²) >= 11 is 0. The lowest BCUT2D eigenvalue weighted by Crippen LogP contribution is -1.97. The molecule has 3 nitrogen and oxygen atoms in total. The Bertz CT molecular complexity index is 830. The van der Waals surface area contributed by atoms with E-state index >= 15 is 0 Å². The Hall–Kier alpha value is -2.29. The molecule has 0 fully saturated rings. The van der Waals surface area contributed by atoms with E-state index in [1.165, 1.54) is 11.6 Å². The monoisotopic (exact) mass is 254 g/mol. The summed E-state index contributed by atoms with van der Waals surface area (Å²) in [5.74, 6) is 0. The number of hydrogen-bond acceptors (Lipinski definition) is 3. The standard InChI is InChI=1S/C16H14O3/c1-10(2)3-5-13-15-12(7-8-18-15)9-11-4-6-14(17)19-16(11)13/h3-4,6-9H,5H2,1-2H3. The van der Waals surface area contributed by atoms with Gasteiger partial charge in [0.15, 0.2) is 0 Å². The van der Waals surface area contributed by atoms with Crippen LogP contribution in [0, 0.1) is 0 Å². The highest BCUT2D eigenvalue weighted by Crippen LogP contribution is 2.29. The zero-order valence-corrected chi connectivity index (χ0v) is 10.9. The van der Waals surface area contributed by atoms with Crippen molar-refractivity contribution in [2.75, 3.05) is 0 Å². The highest BCUT2D eigenvalue weighted by molar-refractivity contribution is 5.97. The van der Waals surface area contributed by atoms with Crippen LogP contribution >= 0.6 is 0 Å². The van der Waals surface area contributed by atoms with Crippen LogP contribution in [0.3, 0.4) is 0 Å². The Balaban J connectivity index is 2.38. The molecule has 0 radical (unpaired) electrons. The zero-order chi connectivity index (χ0) is 13.4. The molecule has 0 amide bonds. The van der Waals surface area contributed by atoms with Crippen LogP contribution in [-0.4, -0.2) is 0 Å². The molecular weight excluding hydrogens is 240 g/mol. The molecule has 0 saturated heterocycles. The maximum absolute atomic E-state index is 11.4. The van der Waals surface area contributed by atoms with Crippen molar-refractivity contribution < 1.29 is 8.83 Å². The average molecular weight is 254 g/mol. The van der Waals surface area contributed by atoms with E-state index in [4.69, 9.17) is 8.83 Å². The maximum atomic E-state index is 11.4. The number of rotatable bonds is 2. The molecule has 3 rings (SSSR count). The van der Waals surface area contributed by atoms with Crippen molar-refractivity contribution in [3.8, 4) is 0 Å². The second-order valence-corrected chi connectivity index (χ2v) is 4.85. The molecule has 0 bridgehead atoms. The van der Waals surface area contributed by atoms with Gasteiger partial charge in [-0.3, -0.25) is 0 Å². The van der Waals surface area contributed by atoms with Crippen molar-refractivity contribution in [1.82, 2.24) is 0 Å². The summed E-state index contributed by atoms with van der Waals surface area (Å²) in [5.41, 5.74) is 3.22. The van der Waals surface area contributed by atoms with Gasteiger partial charge in [-0.15, -0.1) is 0 Å². The third-order valence-electron chi connectivity index (χ3n) is 3.13. The van der Waals surface area contributed by atoms with Gasteiger partial charge in [-0.2, -0.15) is 0 Å². The Morgan fingerprint density at radius 3 is 2.74 bits per heavy atom. The summed E-state index contributed by atoms with van der Waals surface area (Å²) in [7, 11) is 0. The van der Waals surface area contributed by atoms with E-state index in [1.54, 1.807) is 12.3 Å². The first-order valence-corrected chi connectivity index (χ1v) is 6.21. The van der Waals surface area contributed by atoms with E-state index in [1.807, 2.05) is 26.0 Å². The van der Waals surface area contributed by atoms with E-state index in [0.717, 1.165) is 21.9 Å². The van der Waals surface area contributed by atoms with Crippen molar-refractivity contribution in [1.29, 1.82) is 0 Å². The van der Waals surface area contributed by atoms with Gasteiger partial charge in [0.1, 0.15) is 11.2 Å². The maximum Gasteiger partial charge on any atom is 0.336 e. The van der Waals surface area contributed by atoms with Crippen molar-refractivity contribution in [3.05, 3.63) is 58.2 Å². The summed E-state index contributed by atoms with van der Waals surface area (Å²) in [6.45, 7) is 4.08. The van der Waals surface area contributed by atoms with Gasteiger partial charge in [0.2, 0.25) is 0 Å². The lowest BCUT2D eigenvalue weighted by atomic mass is 10.0. The molecule has 96 valence electrons. The Kier molecular flexibility index (Phi) is 2.75. The van der Waals surface area contributed by atoms with Crippen molar-refractivity contribution in [3.63, 3.8) is 0 Å². The van der Waals surface area contributed by atoms with Gasteiger partial charge in [-0.25, -0.2) is 4.79 Å². The first-order valence-electron chi connectivity index (χ1n) is 6.21. The minimum absolute atomic E-state index is 0.336.